The van der Waals surface area contributed by atoms with Gasteiger partial charge in [0.15, 0.2) is 0 Å². The van der Waals surface area contributed by atoms with Gasteiger partial charge in [0, 0.05) is 19.6 Å². The van der Waals surface area contributed by atoms with E-state index in [0.29, 0.717) is 19.6 Å². The molecule has 2 amide bonds. The van der Waals surface area contributed by atoms with E-state index in [4.69, 9.17) is 0 Å². The molecule has 1 aromatic rings. The summed E-state index contributed by atoms with van der Waals surface area (Å²) in [7, 11) is -3.45. The zero-order valence-electron chi connectivity index (χ0n) is 15.7. The fourth-order valence-electron chi connectivity index (χ4n) is 2.55. The van der Waals surface area contributed by atoms with Gasteiger partial charge in [-0.15, -0.1) is 0 Å². The van der Waals surface area contributed by atoms with E-state index >= 15 is 0 Å². The maximum Gasteiger partial charge on any atom is 0.315 e. The lowest BCUT2D eigenvalue weighted by Gasteiger charge is -2.19. The quantitative estimate of drug-likeness (QED) is 0.621. The summed E-state index contributed by atoms with van der Waals surface area (Å²) in [6.07, 6.45) is 3.18. The summed E-state index contributed by atoms with van der Waals surface area (Å²) in [5.74, 6) is 0. The molecule has 1 aromatic carbocycles. The minimum atomic E-state index is -3.45. The van der Waals surface area contributed by atoms with Crippen LogP contribution in [-0.2, 0) is 10.0 Å². The topological polar surface area (TPSA) is 78.5 Å². The molecule has 6 nitrogen and oxygen atoms in total. The third-order valence-electron chi connectivity index (χ3n) is 4.14. The molecule has 1 atom stereocenters. The highest BCUT2D eigenvalue weighted by molar-refractivity contribution is 7.89. The number of unbranched alkanes of at least 4 members (excludes halogenated alkanes) is 2. The van der Waals surface area contributed by atoms with Crippen LogP contribution < -0.4 is 10.6 Å². The van der Waals surface area contributed by atoms with Crippen LogP contribution in [0.4, 0.5) is 4.79 Å². The van der Waals surface area contributed by atoms with E-state index in [9.17, 15) is 13.2 Å². The van der Waals surface area contributed by atoms with E-state index in [2.05, 4.69) is 17.6 Å². The highest BCUT2D eigenvalue weighted by Gasteiger charge is 2.21. The molecular weight excluding hydrogens is 338 g/mol. The van der Waals surface area contributed by atoms with Crippen LogP contribution in [0.25, 0.3) is 0 Å². The predicted molar refractivity (Wildman–Crippen MR) is 101 cm³/mol. The number of nitrogens with zero attached hydrogens (tertiary/aromatic N) is 1. The largest absolute Gasteiger partial charge is 0.338 e. The summed E-state index contributed by atoms with van der Waals surface area (Å²) in [5, 5.41) is 5.70. The van der Waals surface area contributed by atoms with Gasteiger partial charge in [-0.05, 0) is 31.0 Å². The number of amides is 2. The molecule has 1 rings (SSSR count). The van der Waals surface area contributed by atoms with Crippen molar-refractivity contribution in [2.24, 2.45) is 0 Å². The molecule has 0 saturated carbocycles. The van der Waals surface area contributed by atoms with Crippen molar-refractivity contribution in [3.8, 4) is 0 Å². The summed E-state index contributed by atoms with van der Waals surface area (Å²) in [6, 6.07) is 6.29. The Bertz CT molecular complexity index is 625. The van der Waals surface area contributed by atoms with Crippen molar-refractivity contribution < 1.29 is 13.2 Å². The van der Waals surface area contributed by atoms with Crippen molar-refractivity contribution in [3.63, 3.8) is 0 Å². The Morgan fingerprint density at radius 3 is 2.20 bits per heavy atom. The summed E-state index contributed by atoms with van der Waals surface area (Å²) in [5.41, 5.74) is 0.863. The van der Waals surface area contributed by atoms with Crippen molar-refractivity contribution in [3.05, 3.63) is 29.8 Å². The Balaban J connectivity index is 2.68. The Labute approximate surface area is 152 Å². The molecule has 0 aliphatic rings. The molecule has 0 spiro atoms. The van der Waals surface area contributed by atoms with Gasteiger partial charge in [0.1, 0.15) is 0 Å². The van der Waals surface area contributed by atoms with Crippen molar-refractivity contribution in [1.29, 1.82) is 0 Å². The summed E-state index contributed by atoms with van der Waals surface area (Å²) >= 11 is 0. The fourth-order valence-corrected chi connectivity index (χ4v) is 4.01. The highest BCUT2D eigenvalue weighted by Crippen LogP contribution is 2.19. The molecule has 0 saturated heterocycles. The van der Waals surface area contributed by atoms with Crippen LogP contribution in [0.2, 0.25) is 0 Å². The number of hydrogen-bond acceptors (Lipinski definition) is 3. The Hall–Kier alpha value is -1.60. The van der Waals surface area contributed by atoms with E-state index in [1.807, 2.05) is 20.8 Å². The highest BCUT2D eigenvalue weighted by atomic mass is 32.2. The maximum atomic E-state index is 12.5. The van der Waals surface area contributed by atoms with Crippen LogP contribution in [-0.4, -0.2) is 38.4 Å². The van der Waals surface area contributed by atoms with Crippen LogP contribution in [0.3, 0.4) is 0 Å². The Kier molecular flexibility index (Phi) is 8.92. The molecule has 0 aliphatic carbocycles. The number of carbonyl (C=O) groups is 1. The average molecular weight is 370 g/mol. The van der Waals surface area contributed by atoms with Crippen molar-refractivity contribution in [2.75, 3.05) is 19.6 Å². The monoisotopic (exact) mass is 369 g/mol. The van der Waals surface area contributed by atoms with Crippen LogP contribution in [0, 0.1) is 0 Å². The summed E-state index contributed by atoms with van der Waals surface area (Å²) in [6.45, 7) is 9.17. The normalized spacial score (nSPS) is 12.8. The molecule has 0 aliphatic heterocycles. The SMILES string of the molecule is CCCCCNC(=O)NC(C)c1ccc(S(=O)(=O)N(CC)CC)cc1. The van der Waals surface area contributed by atoms with Crippen LogP contribution in [0.5, 0.6) is 0 Å². The van der Waals surface area contributed by atoms with E-state index < -0.39 is 10.0 Å². The van der Waals surface area contributed by atoms with Gasteiger partial charge in [-0.2, -0.15) is 4.31 Å². The zero-order chi connectivity index (χ0) is 18.9. The first-order chi connectivity index (χ1) is 11.9. The Morgan fingerprint density at radius 1 is 1.08 bits per heavy atom. The maximum absolute atomic E-state index is 12.5. The molecule has 2 N–H and O–H groups in total. The molecule has 7 heteroatoms. The molecular formula is C18H31N3O3S. The summed E-state index contributed by atoms with van der Waals surface area (Å²) < 4.78 is 26.4. The van der Waals surface area contributed by atoms with Gasteiger partial charge in [-0.3, -0.25) is 0 Å². The Morgan fingerprint density at radius 2 is 1.68 bits per heavy atom. The van der Waals surface area contributed by atoms with Crippen LogP contribution >= 0.6 is 0 Å². The number of sulfonamides is 1. The molecule has 1 unspecified atom stereocenters. The van der Waals surface area contributed by atoms with Gasteiger partial charge in [0.2, 0.25) is 10.0 Å². The predicted octanol–water partition coefficient (Wildman–Crippen LogP) is 3.27. The summed E-state index contributed by atoms with van der Waals surface area (Å²) in [4.78, 5) is 12.1. The minimum Gasteiger partial charge on any atom is -0.338 e. The van der Waals surface area contributed by atoms with Gasteiger partial charge in [-0.1, -0.05) is 45.7 Å². The van der Waals surface area contributed by atoms with Crippen molar-refractivity contribution in [1.82, 2.24) is 14.9 Å². The molecule has 25 heavy (non-hydrogen) atoms. The third kappa shape index (κ3) is 6.32. The van der Waals surface area contributed by atoms with Crippen LogP contribution in [0.1, 0.15) is 58.6 Å². The lowest BCUT2D eigenvalue weighted by Crippen LogP contribution is -2.37. The standard InChI is InChI=1S/C18H31N3O3S/c1-5-8-9-14-19-18(22)20-15(4)16-10-12-17(13-11-16)25(23,24)21(6-2)7-3/h10-13,15H,5-9,14H2,1-4H3,(H2,19,20,22). The van der Waals surface area contributed by atoms with Gasteiger partial charge < -0.3 is 10.6 Å². The first-order valence-electron chi connectivity index (χ1n) is 9.01. The van der Waals surface area contributed by atoms with E-state index in [1.54, 1.807) is 24.3 Å². The van der Waals surface area contributed by atoms with Crippen molar-refractivity contribution >= 4 is 16.1 Å². The number of rotatable bonds is 10. The lowest BCUT2D eigenvalue weighted by atomic mass is 10.1. The van der Waals surface area contributed by atoms with Gasteiger partial charge in [0.25, 0.3) is 0 Å². The smallest absolute Gasteiger partial charge is 0.315 e. The average Bonchev–Trinajstić information content (AvgIpc) is 2.59. The van der Waals surface area contributed by atoms with E-state index in [-0.39, 0.29) is 17.0 Å². The number of benzene rings is 1. The molecule has 0 heterocycles. The van der Waals surface area contributed by atoms with Gasteiger partial charge in [-0.25, -0.2) is 13.2 Å². The fraction of sp³-hybridized carbons (Fsp3) is 0.611. The van der Waals surface area contributed by atoms with Crippen molar-refractivity contribution in [2.45, 2.75) is 57.9 Å². The third-order valence-corrected chi connectivity index (χ3v) is 6.20. The first kappa shape index (κ1) is 21.4. The number of nitrogens with one attached hydrogen (secondary N) is 2. The molecule has 0 fully saturated rings. The number of hydrogen-bond donors (Lipinski definition) is 2. The van der Waals surface area contributed by atoms with Gasteiger partial charge >= 0.3 is 6.03 Å². The second kappa shape index (κ2) is 10.4. The first-order valence-corrected chi connectivity index (χ1v) is 10.4. The van der Waals surface area contributed by atoms with Crippen LogP contribution in [0.15, 0.2) is 29.2 Å². The van der Waals surface area contributed by atoms with E-state index in [0.717, 1.165) is 24.8 Å². The van der Waals surface area contributed by atoms with Gasteiger partial charge in [0.05, 0.1) is 10.9 Å². The number of urea groups is 1. The number of carbonyl (C=O) groups excluding carboxylic acids is 1. The molecule has 0 bridgehead atoms. The zero-order valence-corrected chi connectivity index (χ0v) is 16.5. The van der Waals surface area contributed by atoms with E-state index in [1.165, 1.54) is 4.31 Å². The second-order valence-corrected chi connectivity index (χ2v) is 7.93. The molecule has 0 radical (unpaired) electrons. The second-order valence-electron chi connectivity index (χ2n) is 5.99. The molecule has 142 valence electrons. The minimum absolute atomic E-state index is 0.198. The lowest BCUT2D eigenvalue weighted by molar-refractivity contribution is 0.237. The molecule has 0 aromatic heterocycles.